The van der Waals surface area contributed by atoms with Crippen molar-refractivity contribution >= 4 is 11.6 Å². The van der Waals surface area contributed by atoms with E-state index >= 15 is 0 Å². The highest BCUT2D eigenvalue weighted by Crippen LogP contribution is 2.29. The van der Waals surface area contributed by atoms with Crippen LogP contribution in [0.4, 0.5) is 4.39 Å². The summed E-state index contributed by atoms with van der Waals surface area (Å²) < 4.78 is 18.1. The van der Waals surface area contributed by atoms with Gasteiger partial charge in [0.15, 0.2) is 0 Å². The van der Waals surface area contributed by atoms with E-state index in [2.05, 4.69) is 0 Å². The smallest absolute Gasteiger partial charge is 0.135 e. The van der Waals surface area contributed by atoms with E-state index in [4.69, 9.17) is 21.1 Å². The summed E-state index contributed by atoms with van der Waals surface area (Å²) in [6.07, 6.45) is 0. The Labute approximate surface area is 90.9 Å². The molecule has 0 saturated heterocycles. The Morgan fingerprint density at radius 3 is 2.67 bits per heavy atom. The lowest BCUT2D eigenvalue weighted by molar-refractivity contribution is 0.248. The molecule has 0 aliphatic carbocycles. The van der Waals surface area contributed by atoms with Crippen molar-refractivity contribution in [1.29, 1.82) is 0 Å². The largest absolute Gasteiger partial charge is 0.459 e. The van der Waals surface area contributed by atoms with Crippen molar-refractivity contribution in [2.75, 3.05) is 0 Å². The van der Waals surface area contributed by atoms with Gasteiger partial charge in [-0.2, -0.15) is 0 Å². The van der Waals surface area contributed by atoms with Gasteiger partial charge in [0.05, 0.1) is 5.02 Å². The molecule has 0 aliphatic heterocycles. The lowest BCUT2D eigenvalue weighted by atomic mass is 10.2. The van der Waals surface area contributed by atoms with E-state index < -0.39 is 5.82 Å². The van der Waals surface area contributed by atoms with E-state index in [1.807, 2.05) is 0 Å². The Morgan fingerprint density at radius 1 is 1.27 bits per heavy atom. The molecule has 2 rings (SSSR count). The van der Waals surface area contributed by atoms with Crippen molar-refractivity contribution < 1.29 is 13.9 Å². The van der Waals surface area contributed by atoms with Crippen molar-refractivity contribution in [3.8, 4) is 11.3 Å². The second-order valence-electron chi connectivity index (χ2n) is 3.05. The highest BCUT2D eigenvalue weighted by atomic mass is 35.5. The third-order valence-electron chi connectivity index (χ3n) is 2.01. The van der Waals surface area contributed by atoms with Crippen LogP contribution < -0.4 is 0 Å². The predicted octanol–water partition coefficient (Wildman–Crippen LogP) is 3.23. The molecular formula is C11H8ClFO2. The molecule has 78 valence electrons. The highest BCUT2D eigenvalue weighted by Gasteiger charge is 2.08. The molecular weight excluding hydrogens is 219 g/mol. The molecule has 0 fully saturated rings. The van der Waals surface area contributed by atoms with Gasteiger partial charge in [0.25, 0.3) is 0 Å². The van der Waals surface area contributed by atoms with Gasteiger partial charge in [-0.1, -0.05) is 11.6 Å². The van der Waals surface area contributed by atoms with Gasteiger partial charge < -0.3 is 9.52 Å². The summed E-state index contributed by atoms with van der Waals surface area (Å²) in [4.78, 5) is 0. The Kier molecular flexibility index (Phi) is 2.75. The maximum atomic E-state index is 12.8. The van der Waals surface area contributed by atoms with Gasteiger partial charge in [-0.25, -0.2) is 4.39 Å². The fourth-order valence-corrected chi connectivity index (χ4v) is 1.56. The summed E-state index contributed by atoms with van der Waals surface area (Å²) >= 11 is 5.85. The first-order valence-electron chi connectivity index (χ1n) is 4.35. The minimum Gasteiger partial charge on any atom is -0.459 e. The zero-order chi connectivity index (χ0) is 10.8. The summed E-state index contributed by atoms with van der Waals surface area (Å²) in [5, 5.41) is 9.11. The molecule has 0 amide bonds. The predicted molar refractivity (Wildman–Crippen MR) is 55.0 cm³/mol. The number of aliphatic hydroxyl groups excluding tert-OH is 1. The number of hydrogen-bond donors (Lipinski definition) is 1. The van der Waals surface area contributed by atoms with Gasteiger partial charge >= 0.3 is 0 Å². The normalized spacial score (nSPS) is 10.6. The average molecular weight is 227 g/mol. The molecule has 1 aromatic heterocycles. The summed E-state index contributed by atoms with van der Waals surface area (Å²) in [5.74, 6) is 0.576. The monoisotopic (exact) mass is 226 g/mol. The molecule has 0 bridgehead atoms. The van der Waals surface area contributed by atoms with Gasteiger partial charge in [0.2, 0.25) is 0 Å². The van der Waals surface area contributed by atoms with E-state index in [-0.39, 0.29) is 11.6 Å². The molecule has 0 unspecified atom stereocenters. The van der Waals surface area contributed by atoms with Crippen LogP contribution in [0.25, 0.3) is 11.3 Å². The zero-order valence-corrected chi connectivity index (χ0v) is 8.46. The first-order valence-corrected chi connectivity index (χ1v) is 4.73. The van der Waals surface area contributed by atoms with Crippen molar-refractivity contribution in [1.82, 2.24) is 0 Å². The maximum Gasteiger partial charge on any atom is 0.135 e. The van der Waals surface area contributed by atoms with Crippen LogP contribution in [-0.2, 0) is 6.61 Å². The molecule has 15 heavy (non-hydrogen) atoms. The molecule has 0 aliphatic rings. The number of halogens is 2. The lowest BCUT2D eigenvalue weighted by Crippen LogP contribution is -1.79. The van der Waals surface area contributed by atoms with Crippen LogP contribution in [0.3, 0.4) is 0 Å². The maximum absolute atomic E-state index is 12.8. The Balaban J connectivity index is 2.44. The third kappa shape index (κ3) is 2.03. The van der Waals surface area contributed by atoms with Gasteiger partial charge in [0, 0.05) is 5.56 Å². The van der Waals surface area contributed by atoms with Crippen LogP contribution in [0, 0.1) is 5.82 Å². The molecule has 0 atom stereocenters. The van der Waals surface area contributed by atoms with Crippen LogP contribution in [0.2, 0.25) is 5.02 Å². The zero-order valence-electron chi connectivity index (χ0n) is 7.71. The summed E-state index contributed by atoms with van der Waals surface area (Å²) in [7, 11) is 0. The first-order chi connectivity index (χ1) is 7.20. The SMILES string of the molecule is OCc1ccc(-c2ccc(F)cc2Cl)o1. The van der Waals surface area contributed by atoms with Crippen molar-refractivity contribution in [3.05, 3.63) is 46.9 Å². The molecule has 0 saturated carbocycles. The van der Waals surface area contributed by atoms with Gasteiger partial charge in [-0.05, 0) is 30.3 Å². The van der Waals surface area contributed by atoms with E-state index in [9.17, 15) is 4.39 Å². The van der Waals surface area contributed by atoms with Crippen LogP contribution in [0.15, 0.2) is 34.7 Å². The van der Waals surface area contributed by atoms with Gasteiger partial charge in [-0.3, -0.25) is 0 Å². The number of hydrogen-bond acceptors (Lipinski definition) is 2. The third-order valence-corrected chi connectivity index (χ3v) is 2.33. The summed E-state index contributed by atoms with van der Waals surface area (Å²) in [6.45, 7) is -0.168. The fourth-order valence-electron chi connectivity index (χ4n) is 1.30. The fraction of sp³-hybridized carbons (Fsp3) is 0.0909. The minimum absolute atomic E-state index is 0.168. The first kappa shape index (κ1) is 10.2. The van der Waals surface area contributed by atoms with E-state index in [0.717, 1.165) is 0 Å². The van der Waals surface area contributed by atoms with Crippen molar-refractivity contribution in [2.45, 2.75) is 6.61 Å². The molecule has 1 N–H and O–H groups in total. The van der Waals surface area contributed by atoms with E-state index in [1.54, 1.807) is 12.1 Å². The molecule has 0 radical (unpaired) electrons. The molecule has 2 aromatic rings. The van der Waals surface area contributed by atoms with E-state index in [1.165, 1.54) is 18.2 Å². The van der Waals surface area contributed by atoms with Crippen LogP contribution in [-0.4, -0.2) is 5.11 Å². The quantitative estimate of drug-likeness (QED) is 0.853. The highest BCUT2D eigenvalue weighted by molar-refractivity contribution is 6.33. The summed E-state index contributed by atoms with van der Waals surface area (Å²) in [5.41, 5.74) is 0.609. The van der Waals surface area contributed by atoms with Gasteiger partial charge in [-0.15, -0.1) is 0 Å². The molecule has 1 heterocycles. The number of benzene rings is 1. The van der Waals surface area contributed by atoms with Gasteiger partial charge in [0.1, 0.15) is 23.9 Å². The minimum atomic E-state index is -0.391. The van der Waals surface area contributed by atoms with Crippen LogP contribution in [0.1, 0.15) is 5.76 Å². The van der Waals surface area contributed by atoms with Crippen LogP contribution >= 0.6 is 11.6 Å². The van der Waals surface area contributed by atoms with Crippen molar-refractivity contribution in [3.63, 3.8) is 0 Å². The topological polar surface area (TPSA) is 33.4 Å². The molecule has 1 aromatic carbocycles. The lowest BCUT2D eigenvalue weighted by Gasteiger charge is -2.00. The Bertz CT molecular complexity index is 479. The molecule has 2 nitrogen and oxygen atoms in total. The Hall–Kier alpha value is -1.32. The second-order valence-corrected chi connectivity index (χ2v) is 3.46. The number of rotatable bonds is 2. The standard InChI is InChI=1S/C11H8ClFO2/c12-10-5-7(13)1-3-9(10)11-4-2-8(6-14)15-11/h1-5,14H,6H2. The van der Waals surface area contributed by atoms with Crippen LogP contribution in [0.5, 0.6) is 0 Å². The molecule has 4 heteroatoms. The number of furan rings is 1. The second kappa shape index (κ2) is 4.04. The van der Waals surface area contributed by atoms with Crippen molar-refractivity contribution in [2.24, 2.45) is 0 Å². The average Bonchev–Trinajstić information content (AvgIpc) is 2.66. The Morgan fingerprint density at radius 2 is 2.07 bits per heavy atom. The number of aliphatic hydroxyl groups is 1. The van der Waals surface area contributed by atoms with E-state index in [0.29, 0.717) is 17.1 Å². The summed E-state index contributed by atoms with van der Waals surface area (Å²) in [6, 6.07) is 7.40. The molecule has 0 spiro atoms.